The number of nitriles is 3. The molecule has 0 saturated heterocycles. The van der Waals surface area contributed by atoms with Gasteiger partial charge in [-0.3, -0.25) is 0 Å². The van der Waals surface area contributed by atoms with Crippen LogP contribution in [0.25, 0.3) is 0 Å². The van der Waals surface area contributed by atoms with E-state index >= 15 is 0 Å². The summed E-state index contributed by atoms with van der Waals surface area (Å²) in [6.45, 7) is 8.00. The van der Waals surface area contributed by atoms with E-state index in [1.54, 1.807) is 0 Å². The minimum atomic E-state index is -5.30. The lowest BCUT2D eigenvalue weighted by molar-refractivity contribution is -0.143. The van der Waals surface area contributed by atoms with E-state index in [9.17, 15) is 26.3 Å². The van der Waals surface area contributed by atoms with E-state index in [4.69, 9.17) is 15.8 Å². The first kappa shape index (κ1) is 24.5. The summed E-state index contributed by atoms with van der Waals surface area (Å²) in [5.74, 6) is 0. The molecule has 0 N–H and O–H groups in total. The zero-order valence-corrected chi connectivity index (χ0v) is 13.9. The van der Waals surface area contributed by atoms with Crippen LogP contribution in [0.4, 0.5) is 26.3 Å². The zero-order valence-electron chi connectivity index (χ0n) is 13.9. The Morgan fingerprint density at radius 3 is 1.60 bits per heavy atom. The van der Waals surface area contributed by atoms with Crippen molar-refractivity contribution < 1.29 is 26.3 Å². The molecular formula is C16H15F6N3. The number of benzene rings is 1. The van der Waals surface area contributed by atoms with Gasteiger partial charge in [0, 0.05) is 0 Å². The Labute approximate surface area is 141 Å². The first-order valence-corrected chi connectivity index (χ1v) is 7.09. The molecule has 0 atom stereocenters. The predicted octanol–water partition coefficient (Wildman–Crippen LogP) is 5.59. The number of nitrogens with zero attached hydrogens (tertiary/aromatic N) is 3. The van der Waals surface area contributed by atoms with Crippen LogP contribution >= 0.6 is 0 Å². The van der Waals surface area contributed by atoms with Gasteiger partial charge in [-0.05, 0) is 11.6 Å². The fraction of sp³-hybridized carbons (Fsp3) is 0.438. The van der Waals surface area contributed by atoms with Crippen LogP contribution in [0, 0.1) is 34.0 Å². The van der Waals surface area contributed by atoms with Crippen LogP contribution < -0.4 is 0 Å². The monoisotopic (exact) mass is 363 g/mol. The summed E-state index contributed by atoms with van der Waals surface area (Å²) in [4.78, 5) is 0. The van der Waals surface area contributed by atoms with Crippen molar-refractivity contribution in [3.63, 3.8) is 0 Å². The fourth-order valence-electron chi connectivity index (χ4n) is 1.74. The van der Waals surface area contributed by atoms with Gasteiger partial charge in [0.15, 0.2) is 0 Å². The molecule has 0 fully saturated rings. The lowest BCUT2D eigenvalue weighted by atomic mass is 9.90. The van der Waals surface area contributed by atoms with E-state index in [0.29, 0.717) is 0 Å². The maximum Gasteiger partial charge on any atom is 0.418 e. The molecular weight excluding hydrogens is 348 g/mol. The second-order valence-corrected chi connectivity index (χ2v) is 3.75. The molecule has 3 nitrogen and oxygen atoms in total. The summed E-state index contributed by atoms with van der Waals surface area (Å²) in [5, 5.41) is 25.9. The van der Waals surface area contributed by atoms with Gasteiger partial charge in [0.1, 0.15) is 6.07 Å². The highest BCUT2D eigenvalue weighted by molar-refractivity contribution is 5.58. The third-order valence-electron chi connectivity index (χ3n) is 2.51. The number of hydrogen-bond acceptors (Lipinski definition) is 3. The summed E-state index contributed by atoms with van der Waals surface area (Å²) >= 11 is 0. The summed E-state index contributed by atoms with van der Waals surface area (Å²) in [7, 11) is 0. The highest BCUT2D eigenvalue weighted by Gasteiger charge is 2.44. The Morgan fingerprint density at radius 1 is 0.840 bits per heavy atom. The standard InChI is InChI=1S/C12H3F6N3.2C2H6/c13-11(14,15)9-3-6(4-20)7(1-2-19)10(8(9)5-21)12(16,17)18;2*1-2/h3H,1H2;2*1-2H3. The van der Waals surface area contributed by atoms with Crippen LogP contribution in [0.15, 0.2) is 6.07 Å². The Kier molecular flexibility index (Phi) is 10.0. The molecule has 1 aromatic rings. The van der Waals surface area contributed by atoms with Crippen molar-refractivity contribution in [1.82, 2.24) is 0 Å². The second-order valence-electron chi connectivity index (χ2n) is 3.75. The predicted molar refractivity (Wildman–Crippen MR) is 77.9 cm³/mol. The molecule has 0 saturated carbocycles. The van der Waals surface area contributed by atoms with Crippen molar-refractivity contribution >= 4 is 0 Å². The normalized spacial score (nSPS) is 10.0. The molecule has 0 aliphatic carbocycles. The van der Waals surface area contributed by atoms with Crippen LogP contribution in [-0.4, -0.2) is 0 Å². The minimum absolute atomic E-state index is 0.153. The highest BCUT2D eigenvalue weighted by atomic mass is 19.4. The lowest BCUT2D eigenvalue weighted by Gasteiger charge is -2.18. The Balaban J connectivity index is 0. The Morgan fingerprint density at radius 2 is 1.32 bits per heavy atom. The van der Waals surface area contributed by atoms with Crippen molar-refractivity contribution in [2.75, 3.05) is 0 Å². The maximum absolute atomic E-state index is 13.0. The zero-order chi connectivity index (χ0) is 20.4. The summed E-state index contributed by atoms with van der Waals surface area (Å²) in [6.07, 6.45) is -11.5. The number of hydrogen-bond donors (Lipinski definition) is 0. The SMILES string of the molecule is CC.CC.N#CCc1c(C#N)cc(C(F)(F)F)c(C#N)c1C(F)(F)F. The molecule has 25 heavy (non-hydrogen) atoms. The molecule has 0 bridgehead atoms. The van der Waals surface area contributed by atoms with Crippen LogP contribution in [0.1, 0.15) is 55.5 Å². The van der Waals surface area contributed by atoms with E-state index in [-0.39, 0.29) is 6.07 Å². The van der Waals surface area contributed by atoms with Gasteiger partial charge < -0.3 is 0 Å². The molecule has 0 heterocycles. The van der Waals surface area contributed by atoms with Crippen LogP contribution in [0.3, 0.4) is 0 Å². The van der Waals surface area contributed by atoms with Crippen molar-refractivity contribution in [1.29, 1.82) is 15.8 Å². The first-order chi connectivity index (χ1) is 11.6. The maximum atomic E-state index is 13.0. The van der Waals surface area contributed by atoms with E-state index in [0.717, 1.165) is 6.07 Å². The number of halogens is 6. The van der Waals surface area contributed by atoms with Gasteiger partial charge in [-0.25, -0.2) is 0 Å². The van der Waals surface area contributed by atoms with Crippen molar-refractivity contribution in [3.8, 4) is 18.2 Å². The van der Waals surface area contributed by atoms with Crippen molar-refractivity contribution in [2.24, 2.45) is 0 Å². The van der Waals surface area contributed by atoms with Gasteiger partial charge in [-0.1, -0.05) is 27.7 Å². The molecule has 0 spiro atoms. The van der Waals surface area contributed by atoms with Crippen molar-refractivity contribution in [2.45, 2.75) is 46.5 Å². The van der Waals surface area contributed by atoms with Gasteiger partial charge in [-0.15, -0.1) is 0 Å². The average Bonchev–Trinajstić information content (AvgIpc) is 2.55. The lowest BCUT2D eigenvalue weighted by Crippen LogP contribution is -2.19. The van der Waals surface area contributed by atoms with Crippen LogP contribution in [-0.2, 0) is 18.8 Å². The molecule has 136 valence electrons. The quantitative estimate of drug-likeness (QED) is 0.611. The smallest absolute Gasteiger partial charge is 0.198 e. The molecule has 9 heteroatoms. The van der Waals surface area contributed by atoms with E-state index in [2.05, 4.69) is 0 Å². The summed E-state index contributed by atoms with van der Waals surface area (Å²) < 4.78 is 77.1. The van der Waals surface area contributed by atoms with Crippen LogP contribution in [0.5, 0.6) is 0 Å². The minimum Gasteiger partial charge on any atom is -0.198 e. The van der Waals surface area contributed by atoms with Crippen molar-refractivity contribution in [3.05, 3.63) is 33.9 Å². The molecule has 0 unspecified atom stereocenters. The van der Waals surface area contributed by atoms with Gasteiger partial charge in [0.2, 0.25) is 0 Å². The molecule has 0 aliphatic heterocycles. The van der Waals surface area contributed by atoms with Crippen LogP contribution in [0.2, 0.25) is 0 Å². The van der Waals surface area contributed by atoms with Gasteiger partial charge in [-0.2, -0.15) is 42.1 Å². The molecule has 0 amide bonds. The summed E-state index contributed by atoms with van der Waals surface area (Å²) in [6, 6.07) is 3.56. The fourth-order valence-corrected chi connectivity index (χ4v) is 1.74. The highest BCUT2D eigenvalue weighted by Crippen LogP contribution is 2.42. The molecule has 0 aromatic heterocycles. The van der Waals surface area contributed by atoms with E-state index < -0.39 is 46.6 Å². The van der Waals surface area contributed by atoms with Gasteiger partial charge in [0.05, 0.1) is 40.8 Å². The van der Waals surface area contributed by atoms with E-state index in [1.807, 2.05) is 27.7 Å². The summed E-state index contributed by atoms with van der Waals surface area (Å²) in [5.41, 5.74) is -7.25. The van der Waals surface area contributed by atoms with Gasteiger partial charge >= 0.3 is 12.4 Å². The first-order valence-electron chi connectivity index (χ1n) is 7.09. The largest absolute Gasteiger partial charge is 0.418 e. The average molecular weight is 363 g/mol. The topological polar surface area (TPSA) is 71.4 Å². The molecule has 0 radical (unpaired) electrons. The third kappa shape index (κ3) is 6.00. The molecule has 1 aromatic carbocycles. The molecule has 0 aliphatic rings. The molecule has 1 rings (SSSR count). The Bertz CT molecular complexity index is 698. The Hall–Kier alpha value is -2.73. The van der Waals surface area contributed by atoms with Gasteiger partial charge in [0.25, 0.3) is 0 Å². The van der Waals surface area contributed by atoms with E-state index in [1.165, 1.54) is 12.1 Å². The number of rotatable bonds is 1. The number of alkyl halides is 6. The second kappa shape index (κ2) is 10.2. The third-order valence-corrected chi connectivity index (χ3v) is 2.51.